The third kappa shape index (κ3) is 13.5. The maximum atomic E-state index is 11.8. The fourth-order valence-corrected chi connectivity index (χ4v) is 3.12. The number of hydrogen-bond donors (Lipinski definition) is 0. The summed E-state index contributed by atoms with van der Waals surface area (Å²) in [5.41, 5.74) is 1.65. The lowest BCUT2D eigenvalue weighted by molar-refractivity contribution is -0.241. The minimum Gasteiger partial charge on any atom is -0.293 e. The van der Waals surface area contributed by atoms with Crippen LogP contribution < -0.4 is 0 Å². The van der Waals surface area contributed by atoms with Crippen LogP contribution in [0, 0.1) is 13.8 Å². The van der Waals surface area contributed by atoms with Gasteiger partial charge in [-0.25, -0.2) is 4.79 Å². The van der Waals surface area contributed by atoms with Gasteiger partial charge in [-0.15, -0.1) is 0 Å². The molecule has 0 amide bonds. The largest absolute Gasteiger partial charge is 0.373 e. The third-order valence-corrected chi connectivity index (χ3v) is 4.90. The number of unbranched alkanes of at least 4 members (excludes halogenated alkanes) is 13. The van der Waals surface area contributed by atoms with Gasteiger partial charge in [0.1, 0.15) is 0 Å². The predicted molar refractivity (Wildman–Crippen MR) is 113 cm³/mol. The molecular weight excluding hydrogens is 336 g/mol. The van der Waals surface area contributed by atoms with Crippen molar-refractivity contribution in [3.05, 3.63) is 42.3 Å². The number of rotatable bonds is 17. The molecule has 3 heteroatoms. The van der Waals surface area contributed by atoms with Crippen molar-refractivity contribution in [2.75, 3.05) is 6.61 Å². The van der Waals surface area contributed by atoms with Crippen LogP contribution in [0.1, 0.15) is 106 Å². The summed E-state index contributed by atoms with van der Waals surface area (Å²) in [6, 6.07) is 7.29. The smallest absolute Gasteiger partial charge is 0.293 e. The van der Waals surface area contributed by atoms with Crippen molar-refractivity contribution in [1.82, 2.24) is 0 Å². The SMILES string of the molecule is [CH2]CCCCCCCCCCCCCCCOOC(=O)c1ccc(C)cc1. The van der Waals surface area contributed by atoms with E-state index < -0.39 is 5.97 Å². The van der Waals surface area contributed by atoms with Gasteiger partial charge < -0.3 is 0 Å². The quantitative estimate of drug-likeness (QED) is 0.162. The molecular formula is C24H39O3. The zero-order chi connectivity index (χ0) is 19.6. The fraction of sp³-hybridized carbons (Fsp3) is 0.667. The van der Waals surface area contributed by atoms with E-state index >= 15 is 0 Å². The Bertz CT molecular complexity index is 467. The highest BCUT2D eigenvalue weighted by Gasteiger charge is 2.07. The molecule has 0 aliphatic rings. The van der Waals surface area contributed by atoms with E-state index in [1.54, 1.807) is 12.1 Å². The molecule has 1 aromatic carbocycles. The average molecular weight is 376 g/mol. The summed E-state index contributed by atoms with van der Waals surface area (Å²) in [6.07, 6.45) is 18.0. The molecule has 0 atom stereocenters. The van der Waals surface area contributed by atoms with Crippen molar-refractivity contribution in [3.63, 3.8) is 0 Å². The summed E-state index contributed by atoms with van der Waals surface area (Å²) < 4.78 is 0. The Kier molecular flexibility index (Phi) is 14.7. The van der Waals surface area contributed by atoms with Gasteiger partial charge in [-0.05, 0) is 25.5 Å². The van der Waals surface area contributed by atoms with Crippen molar-refractivity contribution in [2.24, 2.45) is 0 Å². The molecule has 0 heterocycles. The Balaban J connectivity index is 1.80. The standard InChI is InChI=1S/C24H39O3/c1-3-4-5-6-7-8-9-10-11-12-13-14-15-16-21-26-27-24(25)23-19-17-22(2)18-20-23/h17-20H,1,3-16,21H2,2H3. The molecule has 27 heavy (non-hydrogen) atoms. The Labute approximate surface area is 166 Å². The van der Waals surface area contributed by atoms with Crippen molar-refractivity contribution in [1.29, 1.82) is 0 Å². The average Bonchev–Trinajstić information content (AvgIpc) is 2.68. The van der Waals surface area contributed by atoms with E-state index in [2.05, 4.69) is 6.92 Å². The summed E-state index contributed by atoms with van der Waals surface area (Å²) in [4.78, 5) is 21.6. The predicted octanol–water partition coefficient (Wildman–Crippen LogP) is 7.38. The lowest BCUT2D eigenvalue weighted by Gasteiger charge is -2.05. The van der Waals surface area contributed by atoms with E-state index in [0.29, 0.717) is 12.2 Å². The number of aryl methyl sites for hydroxylation is 1. The lowest BCUT2D eigenvalue weighted by atomic mass is 10.0. The number of carbonyl (C=O) groups is 1. The molecule has 153 valence electrons. The first-order valence-electron chi connectivity index (χ1n) is 10.9. The van der Waals surface area contributed by atoms with Gasteiger partial charge in [-0.3, -0.25) is 4.89 Å². The van der Waals surface area contributed by atoms with Crippen molar-refractivity contribution in [2.45, 2.75) is 96.8 Å². The van der Waals surface area contributed by atoms with E-state index in [9.17, 15) is 4.79 Å². The molecule has 3 nitrogen and oxygen atoms in total. The van der Waals surface area contributed by atoms with Crippen LogP contribution in [0.5, 0.6) is 0 Å². The van der Waals surface area contributed by atoms with Gasteiger partial charge in [-0.1, -0.05) is 108 Å². The molecule has 0 aromatic heterocycles. The second-order valence-electron chi connectivity index (χ2n) is 7.51. The molecule has 0 N–H and O–H groups in total. The summed E-state index contributed by atoms with van der Waals surface area (Å²) >= 11 is 0. The molecule has 0 fully saturated rings. The number of carbonyl (C=O) groups excluding carboxylic acids is 1. The summed E-state index contributed by atoms with van der Waals surface area (Å²) in [7, 11) is 0. The van der Waals surface area contributed by atoms with Crippen LogP contribution in [0.4, 0.5) is 0 Å². The maximum absolute atomic E-state index is 11.8. The van der Waals surface area contributed by atoms with E-state index in [-0.39, 0.29) is 0 Å². The number of hydrogen-bond acceptors (Lipinski definition) is 3. The summed E-state index contributed by atoms with van der Waals surface area (Å²) in [6.45, 7) is 6.35. The highest BCUT2D eigenvalue weighted by Crippen LogP contribution is 2.13. The zero-order valence-corrected chi connectivity index (χ0v) is 17.3. The fourth-order valence-electron chi connectivity index (χ4n) is 3.12. The second-order valence-corrected chi connectivity index (χ2v) is 7.51. The highest BCUT2D eigenvalue weighted by atomic mass is 17.2. The first kappa shape index (κ1) is 23.7. The topological polar surface area (TPSA) is 35.5 Å². The van der Waals surface area contributed by atoms with Crippen molar-refractivity contribution >= 4 is 5.97 Å². The van der Waals surface area contributed by atoms with Gasteiger partial charge >= 0.3 is 5.97 Å². The second kappa shape index (κ2) is 16.8. The Morgan fingerprint density at radius 1 is 0.741 bits per heavy atom. The van der Waals surface area contributed by atoms with E-state index in [1.165, 1.54) is 70.6 Å². The van der Waals surface area contributed by atoms with Crippen LogP contribution in [-0.4, -0.2) is 12.6 Å². The van der Waals surface area contributed by atoms with Crippen LogP contribution in [0.25, 0.3) is 0 Å². The van der Waals surface area contributed by atoms with Gasteiger partial charge in [0, 0.05) is 0 Å². The molecule has 1 aromatic rings. The van der Waals surface area contributed by atoms with E-state index in [0.717, 1.165) is 24.8 Å². The van der Waals surface area contributed by atoms with Crippen LogP contribution in [0.2, 0.25) is 0 Å². The summed E-state index contributed by atoms with van der Waals surface area (Å²) in [5.74, 6) is -0.419. The molecule has 0 aliphatic carbocycles. The summed E-state index contributed by atoms with van der Waals surface area (Å²) in [5, 5.41) is 0. The van der Waals surface area contributed by atoms with Gasteiger partial charge in [-0.2, -0.15) is 4.89 Å². The Hall–Kier alpha value is -1.35. The first-order chi connectivity index (χ1) is 13.2. The Morgan fingerprint density at radius 3 is 1.67 bits per heavy atom. The van der Waals surface area contributed by atoms with Gasteiger partial charge in [0.15, 0.2) is 0 Å². The highest BCUT2D eigenvalue weighted by molar-refractivity contribution is 5.88. The zero-order valence-electron chi connectivity index (χ0n) is 17.3. The lowest BCUT2D eigenvalue weighted by Crippen LogP contribution is -2.07. The third-order valence-electron chi connectivity index (χ3n) is 4.90. The molecule has 0 spiro atoms. The van der Waals surface area contributed by atoms with Gasteiger partial charge in [0.05, 0.1) is 12.2 Å². The number of benzene rings is 1. The van der Waals surface area contributed by atoms with E-state index in [4.69, 9.17) is 9.78 Å². The minimum atomic E-state index is -0.419. The monoisotopic (exact) mass is 375 g/mol. The van der Waals surface area contributed by atoms with Crippen LogP contribution in [-0.2, 0) is 9.78 Å². The van der Waals surface area contributed by atoms with Gasteiger partial charge in [0.25, 0.3) is 0 Å². The minimum absolute atomic E-state index is 0.419. The normalized spacial score (nSPS) is 10.9. The molecule has 1 radical (unpaired) electrons. The molecule has 0 saturated carbocycles. The molecule has 0 aliphatic heterocycles. The first-order valence-corrected chi connectivity index (χ1v) is 10.9. The molecule has 0 saturated heterocycles. The van der Waals surface area contributed by atoms with E-state index in [1.807, 2.05) is 19.1 Å². The van der Waals surface area contributed by atoms with Crippen molar-refractivity contribution in [3.8, 4) is 0 Å². The van der Waals surface area contributed by atoms with Crippen LogP contribution in [0.3, 0.4) is 0 Å². The maximum Gasteiger partial charge on any atom is 0.373 e. The molecule has 0 bridgehead atoms. The molecule has 1 rings (SSSR count). The van der Waals surface area contributed by atoms with Crippen LogP contribution in [0.15, 0.2) is 24.3 Å². The van der Waals surface area contributed by atoms with Crippen LogP contribution >= 0.6 is 0 Å². The van der Waals surface area contributed by atoms with Crippen molar-refractivity contribution < 1.29 is 14.6 Å². The molecule has 0 unspecified atom stereocenters. The van der Waals surface area contributed by atoms with Gasteiger partial charge in [0.2, 0.25) is 0 Å². The Morgan fingerprint density at radius 2 is 1.19 bits per heavy atom.